The Labute approximate surface area is 117 Å². The lowest BCUT2D eigenvalue weighted by Gasteiger charge is -2.19. The summed E-state index contributed by atoms with van der Waals surface area (Å²) in [4.78, 5) is 0. The number of hydrogen-bond donors (Lipinski definition) is 1. The summed E-state index contributed by atoms with van der Waals surface area (Å²) in [5, 5.41) is 0. The highest BCUT2D eigenvalue weighted by molar-refractivity contribution is 9.10. The van der Waals surface area contributed by atoms with E-state index in [0.717, 1.165) is 41.7 Å². The fourth-order valence-corrected chi connectivity index (χ4v) is 2.98. The molecule has 1 fully saturated rings. The number of ether oxygens (including phenoxy) is 2. The molecule has 1 aliphatic rings. The van der Waals surface area contributed by atoms with Gasteiger partial charge in [0, 0.05) is 11.1 Å². The maximum absolute atomic E-state index is 6.23. The highest BCUT2D eigenvalue weighted by Crippen LogP contribution is 2.44. The third kappa shape index (κ3) is 2.50. The summed E-state index contributed by atoms with van der Waals surface area (Å²) in [7, 11) is 3.34. The van der Waals surface area contributed by atoms with Crippen LogP contribution >= 0.6 is 15.9 Å². The number of methoxy groups -OCH3 is 2. The van der Waals surface area contributed by atoms with Crippen LogP contribution in [-0.2, 0) is 12.8 Å². The number of nitrogens with two attached hydrogens (primary N) is 1. The van der Waals surface area contributed by atoms with Crippen LogP contribution in [0.5, 0.6) is 11.5 Å². The van der Waals surface area contributed by atoms with Crippen molar-refractivity contribution < 1.29 is 9.47 Å². The second kappa shape index (κ2) is 5.10. The van der Waals surface area contributed by atoms with Crippen LogP contribution in [0.25, 0.3) is 0 Å². The highest BCUT2D eigenvalue weighted by atomic mass is 79.9. The van der Waals surface area contributed by atoms with Crippen molar-refractivity contribution in [2.24, 2.45) is 5.73 Å². The molecule has 0 spiro atoms. The molecule has 0 aliphatic heterocycles. The van der Waals surface area contributed by atoms with Gasteiger partial charge in [0.15, 0.2) is 11.5 Å². The average molecular weight is 314 g/mol. The molecular formula is C14H20BrNO2. The molecule has 0 atom stereocenters. The van der Waals surface area contributed by atoms with Crippen LogP contribution in [0.4, 0.5) is 0 Å². The third-order valence-corrected chi connectivity index (χ3v) is 4.17. The van der Waals surface area contributed by atoms with E-state index in [1.165, 1.54) is 11.1 Å². The Kier molecular flexibility index (Phi) is 3.87. The van der Waals surface area contributed by atoms with Gasteiger partial charge in [-0.2, -0.15) is 0 Å². The first-order valence-corrected chi connectivity index (χ1v) is 7.05. The van der Waals surface area contributed by atoms with Crippen molar-refractivity contribution in [2.45, 2.75) is 38.1 Å². The topological polar surface area (TPSA) is 44.5 Å². The monoisotopic (exact) mass is 313 g/mol. The summed E-state index contributed by atoms with van der Waals surface area (Å²) in [6, 6.07) is 2.12. The van der Waals surface area contributed by atoms with Crippen molar-refractivity contribution in [3.8, 4) is 11.5 Å². The molecule has 1 aromatic carbocycles. The van der Waals surface area contributed by atoms with Crippen molar-refractivity contribution in [3.63, 3.8) is 0 Å². The Morgan fingerprint density at radius 1 is 1.28 bits per heavy atom. The van der Waals surface area contributed by atoms with Crippen molar-refractivity contribution in [1.29, 1.82) is 0 Å². The Bertz CT molecular complexity index is 456. The molecule has 100 valence electrons. The third-order valence-electron chi connectivity index (χ3n) is 3.58. The Hall–Kier alpha value is -0.740. The van der Waals surface area contributed by atoms with E-state index in [1.54, 1.807) is 14.2 Å². The summed E-state index contributed by atoms with van der Waals surface area (Å²) < 4.78 is 11.9. The molecule has 3 nitrogen and oxygen atoms in total. The van der Waals surface area contributed by atoms with Crippen LogP contribution in [0.3, 0.4) is 0 Å². The molecule has 1 aliphatic carbocycles. The second-order valence-corrected chi connectivity index (χ2v) is 5.81. The van der Waals surface area contributed by atoms with Gasteiger partial charge >= 0.3 is 0 Å². The van der Waals surface area contributed by atoms with Crippen molar-refractivity contribution in [2.75, 3.05) is 14.2 Å². The smallest absolute Gasteiger partial charge is 0.175 e. The molecule has 0 saturated heterocycles. The van der Waals surface area contributed by atoms with Crippen LogP contribution in [0, 0.1) is 0 Å². The van der Waals surface area contributed by atoms with Crippen LogP contribution in [-0.4, -0.2) is 19.8 Å². The van der Waals surface area contributed by atoms with Crippen molar-refractivity contribution >= 4 is 15.9 Å². The van der Waals surface area contributed by atoms with E-state index in [1.807, 2.05) is 0 Å². The van der Waals surface area contributed by atoms with Gasteiger partial charge in [0.2, 0.25) is 0 Å². The molecule has 4 heteroatoms. The summed E-state index contributed by atoms with van der Waals surface area (Å²) in [6.45, 7) is 2.13. The van der Waals surface area contributed by atoms with Crippen LogP contribution in [0.15, 0.2) is 10.5 Å². The molecular weight excluding hydrogens is 294 g/mol. The van der Waals surface area contributed by atoms with Gasteiger partial charge in [0.1, 0.15) is 0 Å². The first kappa shape index (κ1) is 13.7. The molecule has 0 amide bonds. The van der Waals surface area contributed by atoms with Gasteiger partial charge in [0.05, 0.1) is 18.7 Å². The fourth-order valence-electron chi connectivity index (χ4n) is 2.37. The largest absolute Gasteiger partial charge is 0.493 e. The summed E-state index contributed by atoms with van der Waals surface area (Å²) >= 11 is 3.54. The predicted octanol–water partition coefficient (Wildman–Crippen LogP) is 3.06. The van der Waals surface area contributed by atoms with E-state index < -0.39 is 0 Å². The van der Waals surface area contributed by atoms with Gasteiger partial charge in [0.25, 0.3) is 0 Å². The predicted molar refractivity (Wildman–Crippen MR) is 76.5 cm³/mol. The average Bonchev–Trinajstić information content (AvgIpc) is 3.06. The number of halogens is 1. The first-order valence-electron chi connectivity index (χ1n) is 6.25. The van der Waals surface area contributed by atoms with Gasteiger partial charge in [-0.3, -0.25) is 0 Å². The van der Waals surface area contributed by atoms with Crippen LogP contribution in [0.2, 0.25) is 0 Å². The van der Waals surface area contributed by atoms with E-state index in [-0.39, 0.29) is 5.54 Å². The summed E-state index contributed by atoms with van der Waals surface area (Å²) in [5.41, 5.74) is 8.70. The van der Waals surface area contributed by atoms with E-state index >= 15 is 0 Å². The normalized spacial score (nSPS) is 16.5. The summed E-state index contributed by atoms with van der Waals surface area (Å²) in [5.74, 6) is 1.59. The van der Waals surface area contributed by atoms with E-state index in [2.05, 4.69) is 28.9 Å². The molecule has 2 rings (SSSR count). The lowest BCUT2D eigenvalue weighted by molar-refractivity contribution is 0.349. The Morgan fingerprint density at radius 2 is 1.89 bits per heavy atom. The molecule has 0 heterocycles. The van der Waals surface area contributed by atoms with Gasteiger partial charge in [-0.1, -0.05) is 6.92 Å². The lowest BCUT2D eigenvalue weighted by atomic mass is 9.96. The van der Waals surface area contributed by atoms with Gasteiger partial charge in [-0.25, -0.2) is 0 Å². The zero-order valence-electron chi connectivity index (χ0n) is 11.2. The van der Waals surface area contributed by atoms with Crippen molar-refractivity contribution in [3.05, 3.63) is 21.7 Å². The molecule has 0 unspecified atom stereocenters. The van der Waals surface area contributed by atoms with Gasteiger partial charge in [-0.05, 0) is 53.2 Å². The molecule has 0 aromatic heterocycles. The minimum absolute atomic E-state index is 0.00294. The molecule has 2 N–H and O–H groups in total. The molecule has 1 saturated carbocycles. The second-order valence-electron chi connectivity index (χ2n) is 4.96. The minimum Gasteiger partial charge on any atom is -0.493 e. The maximum atomic E-state index is 6.23. The maximum Gasteiger partial charge on any atom is 0.175 e. The molecule has 1 aromatic rings. The fraction of sp³-hybridized carbons (Fsp3) is 0.571. The van der Waals surface area contributed by atoms with E-state index in [4.69, 9.17) is 15.2 Å². The Morgan fingerprint density at radius 3 is 2.33 bits per heavy atom. The zero-order valence-corrected chi connectivity index (χ0v) is 12.8. The van der Waals surface area contributed by atoms with Crippen molar-refractivity contribution in [1.82, 2.24) is 0 Å². The quantitative estimate of drug-likeness (QED) is 0.908. The number of rotatable bonds is 5. The van der Waals surface area contributed by atoms with Gasteiger partial charge in [-0.15, -0.1) is 0 Å². The number of benzene rings is 1. The van der Waals surface area contributed by atoms with E-state index in [0.29, 0.717) is 0 Å². The van der Waals surface area contributed by atoms with Crippen LogP contribution < -0.4 is 15.2 Å². The zero-order chi connectivity index (χ0) is 13.3. The van der Waals surface area contributed by atoms with Crippen LogP contribution in [0.1, 0.15) is 30.9 Å². The standard InChI is InChI=1S/C14H20BrNO2/c1-4-10-9(8-14(16)5-6-14)7-11(15)13(18-3)12(10)17-2/h7H,4-6,8,16H2,1-3H3. The first-order chi connectivity index (χ1) is 8.54. The highest BCUT2D eigenvalue weighted by Gasteiger charge is 2.39. The molecule has 0 radical (unpaired) electrons. The summed E-state index contributed by atoms with van der Waals surface area (Å²) in [6.07, 6.45) is 4.05. The van der Waals surface area contributed by atoms with Gasteiger partial charge < -0.3 is 15.2 Å². The lowest BCUT2D eigenvalue weighted by Crippen LogP contribution is -2.25. The molecule has 18 heavy (non-hydrogen) atoms. The molecule has 0 bridgehead atoms. The number of hydrogen-bond acceptors (Lipinski definition) is 3. The van der Waals surface area contributed by atoms with E-state index in [9.17, 15) is 0 Å². The SMILES string of the molecule is CCc1c(CC2(N)CC2)cc(Br)c(OC)c1OC. The minimum atomic E-state index is 0.00294. The Balaban J connectivity index is 2.48.